The van der Waals surface area contributed by atoms with Gasteiger partial charge in [0.1, 0.15) is 26.3 Å². The van der Waals surface area contributed by atoms with Gasteiger partial charge in [-0.2, -0.15) is 0 Å². The summed E-state index contributed by atoms with van der Waals surface area (Å²) in [5.41, 5.74) is 5.25. The molecule has 0 bridgehead atoms. The predicted octanol–water partition coefficient (Wildman–Crippen LogP) is 9.38. The highest BCUT2D eigenvalue weighted by molar-refractivity contribution is 9.10. The maximum atomic E-state index is 13.5. The third kappa shape index (κ3) is 9.32. The lowest BCUT2D eigenvalue weighted by Crippen LogP contribution is -2.13. The number of carboxylic acids is 2. The smallest absolute Gasteiger partial charge is 0.316 e. The standard InChI is InChI=1S/C20H20BrN3O4S3.C16H13BrFN3O2S2/c1-11(18(25)26)29-20-23-22-19(21)24(20)17-15-6-4-3-5-14(15)16(30-17)12-7-9-13(10-8-12)31(2,27)28;1-8-6-12(25-13(8)10-4-3-5-11(18)7-10)21-15(17)19-20-16(21)24-9(2)14(22)23/h7-11H,3-6H2,1-2H3,(H,25,26);3-7,9H,1-2H3,(H,22,23). The van der Waals surface area contributed by atoms with Crippen LogP contribution in [-0.2, 0) is 32.3 Å². The minimum absolute atomic E-state index is 0.288. The van der Waals surface area contributed by atoms with Crippen LogP contribution in [0.5, 0.6) is 0 Å². The van der Waals surface area contributed by atoms with Crippen molar-refractivity contribution in [1.29, 1.82) is 0 Å². The van der Waals surface area contributed by atoms with E-state index < -0.39 is 32.3 Å². The molecule has 2 atom stereocenters. The summed E-state index contributed by atoms with van der Waals surface area (Å²) >= 11 is 12.2. The molecule has 0 fully saturated rings. The zero-order valence-corrected chi connectivity index (χ0v) is 37.3. The molecule has 12 nitrogen and oxygen atoms in total. The van der Waals surface area contributed by atoms with Crippen LogP contribution in [0.3, 0.4) is 0 Å². The second-order valence-corrected chi connectivity index (χ2v) is 20.8. The summed E-state index contributed by atoms with van der Waals surface area (Å²) in [6.45, 7) is 5.17. The Morgan fingerprint density at radius 3 is 1.95 bits per heavy atom. The Bertz CT molecular complexity index is 2540. The van der Waals surface area contributed by atoms with Gasteiger partial charge in [-0.15, -0.1) is 43.1 Å². The molecular weight excluding hydrogens is 952 g/mol. The summed E-state index contributed by atoms with van der Waals surface area (Å²) < 4.78 is 41.8. The topological polar surface area (TPSA) is 170 Å². The highest BCUT2D eigenvalue weighted by Crippen LogP contribution is 2.45. The van der Waals surface area contributed by atoms with Crippen LogP contribution in [0.15, 0.2) is 79.3 Å². The summed E-state index contributed by atoms with van der Waals surface area (Å²) in [4.78, 5) is 24.8. The molecule has 0 spiro atoms. The van der Waals surface area contributed by atoms with E-state index in [2.05, 4.69) is 52.3 Å². The van der Waals surface area contributed by atoms with Gasteiger partial charge in [-0.25, -0.2) is 12.8 Å². The molecule has 20 heteroatoms. The van der Waals surface area contributed by atoms with Crippen LogP contribution in [-0.4, -0.2) is 76.9 Å². The zero-order valence-electron chi connectivity index (χ0n) is 30.1. The van der Waals surface area contributed by atoms with Crippen LogP contribution in [0, 0.1) is 12.7 Å². The first-order valence-electron chi connectivity index (χ1n) is 16.9. The largest absolute Gasteiger partial charge is 0.480 e. The highest BCUT2D eigenvalue weighted by Gasteiger charge is 2.28. The molecule has 2 N–H and O–H groups in total. The Morgan fingerprint density at radius 1 is 0.804 bits per heavy atom. The van der Waals surface area contributed by atoms with Gasteiger partial charge >= 0.3 is 11.9 Å². The molecule has 0 radical (unpaired) electrons. The summed E-state index contributed by atoms with van der Waals surface area (Å²) in [6.07, 6.45) is 5.25. The minimum Gasteiger partial charge on any atom is -0.480 e. The molecular formula is C36H33Br2FN6O6S5. The van der Waals surface area contributed by atoms with E-state index in [0.29, 0.717) is 24.7 Å². The Kier molecular flexibility index (Phi) is 13.3. The van der Waals surface area contributed by atoms with Crippen molar-refractivity contribution in [2.75, 3.05) is 6.26 Å². The molecule has 1 aliphatic carbocycles. The number of aryl methyl sites for hydroxylation is 1. The third-order valence-electron chi connectivity index (χ3n) is 8.61. The number of sulfone groups is 1. The maximum Gasteiger partial charge on any atom is 0.316 e. The molecule has 56 heavy (non-hydrogen) atoms. The second kappa shape index (κ2) is 17.6. The van der Waals surface area contributed by atoms with Gasteiger partial charge < -0.3 is 10.2 Å². The molecule has 2 aromatic carbocycles. The molecule has 2 unspecified atom stereocenters. The van der Waals surface area contributed by atoms with E-state index in [1.54, 1.807) is 48.0 Å². The number of carboxylic acid groups (broad SMARTS) is 2. The van der Waals surface area contributed by atoms with E-state index in [0.717, 1.165) is 85.7 Å². The summed E-state index contributed by atoms with van der Waals surface area (Å²) in [5.74, 6) is -2.11. The van der Waals surface area contributed by atoms with Gasteiger partial charge in [0, 0.05) is 16.0 Å². The first-order valence-corrected chi connectivity index (χ1v) is 23.7. The number of nitrogens with zero attached hydrogens (tertiary/aromatic N) is 6. The van der Waals surface area contributed by atoms with Gasteiger partial charge in [-0.1, -0.05) is 47.8 Å². The first kappa shape index (κ1) is 42.2. The minimum atomic E-state index is -3.25. The first-order chi connectivity index (χ1) is 26.5. The number of aromatic nitrogens is 6. The lowest BCUT2D eigenvalue weighted by Gasteiger charge is -2.15. The molecule has 0 amide bonds. The van der Waals surface area contributed by atoms with Crippen LogP contribution in [0.25, 0.3) is 30.9 Å². The monoisotopic (exact) mass is 982 g/mol. The van der Waals surface area contributed by atoms with Crippen molar-refractivity contribution in [2.24, 2.45) is 0 Å². The van der Waals surface area contributed by atoms with Crippen LogP contribution in [0.1, 0.15) is 43.4 Å². The highest BCUT2D eigenvalue weighted by atomic mass is 79.9. The van der Waals surface area contributed by atoms with Crippen molar-refractivity contribution in [1.82, 2.24) is 29.5 Å². The number of benzene rings is 2. The SMILES string of the molecule is CC(Sc1nnc(Br)n1-c1sc(-c2ccc(S(C)(=O)=O)cc2)c2c1CCCC2)C(=O)O.Cc1cc(-n2c(Br)nnc2SC(C)C(=O)O)sc1-c1cccc(F)c1. The fourth-order valence-corrected chi connectivity index (χ4v) is 12.0. The summed E-state index contributed by atoms with van der Waals surface area (Å²) in [7, 11) is -3.25. The van der Waals surface area contributed by atoms with E-state index in [1.165, 1.54) is 40.9 Å². The van der Waals surface area contributed by atoms with Crippen molar-refractivity contribution >= 4 is 99.8 Å². The van der Waals surface area contributed by atoms with Gasteiger partial charge in [0.15, 0.2) is 20.2 Å². The van der Waals surface area contributed by atoms with E-state index in [1.807, 2.05) is 35.8 Å². The van der Waals surface area contributed by atoms with Gasteiger partial charge in [0.25, 0.3) is 0 Å². The third-order valence-corrected chi connectivity index (χ3v) is 15.4. The predicted molar refractivity (Wildman–Crippen MR) is 225 cm³/mol. The van der Waals surface area contributed by atoms with E-state index in [9.17, 15) is 27.5 Å². The summed E-state index contributed by atoms with van der Waals surface area (Å²) in [5, 5.41) is 36.3. The Morgan fingerprint density at radius 2 is 1.38 bits per heavy atom. The second-order valence-electron chi connectivity index (χ2n) is 12.7. The maximum absolute atomic E-state index is 13.5. The number of aliphatic carboxylic acids is 2. The molecule has 0 saturated carbocycles. The van der Waals surface area contributed by atoms with Crippen LogP contribution in [0.2, 0.25) is 0 Å². The number of hydrogen-bond acceptors (Lipinski definition) is 12. The molecule has 0 aliphatic heterocycles. The van der Waals surface area contributed by atoms with E-state index in [-0.39, 0.29) is 5.82 Å². The van der Waals surface area contributed by atoms with Gasteiger partial charge in [0.2, 0.25) is 9.47 Å². The number of carbonyl (C=O) groups is 2. The van der Waals surface area contributed by atoms with E-state index >= 15 is 0 Å². The van der Waals surface area contributed by atoms with Crippen LogP contribution < -0.4 is 0 Å². The fourth-order valence-electron chi connectivity index (χ4n) is 5.80. The number of fused-ring (bicyclic) bond motifs is 1. The van der Waals surface area contributed by atoms with Crippen LogP contribution in [0.4, 0.5) is 4.39 Å². The van der Waals surface area contributed by atoms with Gasteiger partial charge in [0.05, 0.1) is 4.90 Å². The number of halogens is 3. The zero-order chi connectivity index (χ0) is 40.5. The van der Waals surface area contributed by atoms with Gasteiger partial charge in [-0.3, -0.25) is 18.7 Å². The average molecular weight is 985 g/mol. The number of rotatable bonds is 11. The van der Waals surface area contributed by atoms with Crippen molar-refractivity contribution in [3.05, 3.63) is 86.6 Å². The quantitative estimate of drug-likeness (QED) is 0.118. The van der Waals surface area contributed by atoms with Gasteiger partial charge in [-0.05, 0) is 136 Å². The molecule has 0 saturated heterocycles. The number of hydrogen-bond donors (Lipinski definition) is 2. The molecule has 7 rings (SSSR count). The molecule has 1 aliphatic rings. The Balaban J connectivity index is 0.000000194. The summed E-state index contributed by atoms with van der Waals surface area (Å²) in [6, 6.07) is 15.4. The molecule has 4 aromatic heterocycles. The van der Waals surface area contributed by atoms with E-state index in [4.69, 9.17) is 5.11 Å². The number of thioether (sulfide) groups is 2. The van der Waals surface area contributed by atoms with Crippen molar-refractivity contribution in [3.63, 3.8) is 0 Å². The Labute approximate surface area is 355 Å². The lowest BCUT2D eigenvalue weighted by molar-refractivity contribution is -0.137. The molecule has 4 heterocycles. The van der Waals surface area contributed by atoms with Crippen LogP contribution >= 0.6 is 78.1 Å². The number of thiophene rings is 2. The van der Waals surface area contributed by atoms with Crippen molar-refractivity contribution in [2.45, 2.75) is 72.2 Å². The van der Waals surface area contributed by atoms with Crippen molar-refractivity contribution < 1.29 is 32.6 Å². The molecule has 294 valence electrons. The fraction of sp³-hybridized carbons (Fsp3) is 0.278. The Hall–Kier alpha value is -3.40. The normalized spacial score (nSPS) is 13.8. The lowest BCUT2D eigenvalue weighted by atomic mass is 9.91. The average Bonchev–Trinajstić information content (AvgIpc) is 3.92. The molecule has 6 aromatic rings. The van der Waals surface area contributed by atoms with Crippen molar-refractivity contribution in [3.8, 4) is 30.9 Å².